The molecular weight excluding hydrogens is 338 g/mol. The minimum atomic E-state index is -0.153. The minimum Gasteiger partial charge on any atom is -0.351 e. The number of rotatable bonds is 4. The van der Waals surface area contributed by atoms with E-state index in [2.05, 4.69) is 51.6 Å². The lowest BCUT2D eigenvalue weighted by Crippen LogP contribution is -2.37. The first kappa shape index (κ1) is 15.9. The Kier molecular flexibility index (Phi) is 4.84. The monoisotopic (exact) mass is 359 g/mol. The number of hydrogen-bond acceptors (Lipinski definition) is 4. The molecule has 0 saturated heterocycles. The fourth-order valence-electron chi connectivity index (χ4n) is 2.66. The molecule has 6 heteroatoms. The molecule has 112 valence electrons. The van der Waals surface area contributed by atoms with Gasteiger partial charge in [0, 0.05) is 17.3 Å². The number of alkyl halides is 1. The van der Waals surface area contributed by atoms with Crippen molar-refractivity contribution in [2.24, 2.45) is 5.41 Å². The van der Waals surface area contributed by atoms with E-state index in [1.165, 1.54) is 37.2 Å². The molecule has 1 aromatic rings. The molecule has 0 radical (unpaired) electrons. The van der Waals surface area contributed by atoms with Gasteiger partial charge in [-0.05, 0) is 29.8 Å². The van der Waals surface area contributed by atoms with Crippen LogP contribution in [0.2, 0.25) is 0 Å². The summed E-state index contributed by atoms with van der Waals surface area (Å²) in [6.45, 7) is 6.89. The predicted octanol–water partition coefficient (Wildman–Crippen LogP) is 3.52. The Morgan fingerprint density at radius 2 is 2.05 bits per heavy atom. The van der Waals surface area contributed by atoms with E-state index in [1.807, 2.05) is 0 Å². The Morgan fingerprint density at radius 3 is 2.60 bits per heavy atom. The Hall–Kier alpha value is -0.490. The van der Waals surface area contributed by atoms with Gasteiger partial charge < -0.3 is 5.32 Å². The van der Waals surface area contributed by atoms with Crippen LogP contribution >= 0.6 is 27.5 Å². The maximum atomic E-state index is 12.4. The van der Waals surface area contributed by atoms with E-state index in [-0.39, 0.29) is 16.7 Å². The molecule has 1 aromatic heterocycles. The Bertz CT molecular complexity index is 475. The zero-order valence-electron chi connectivity index (χ0n) is 12.3. The SMILES string of the molecule is CC(C)(C)c1nnsc1C(=O)NCC1(CBr)CCCC1. The maximum absolute atomic E-state index is 12.4. The van der Waals surface area contributed by atoms with Crippen LogP contribution < -0.4 is 5.32 Å². The molecule has 1 amide bonds. The summed E-state index contributed by atoms with van der Waals surface area (Å²) in [6, 6.07) is 0. The van der Waals surface area contributed by atoms with Crippen LogP contribution in [0.4, 0.5) is 0 Å². The number of nitrogens with one attached hydrogen (secondary N) is 1. The molecule has 4 nitrogen and oxygen atoms in total. The molecule has 1 aliphatic carbocycles. The second kappa shape index (κ2) is 6.10. The number of aromatic nitrogens is 2. The fourth-order valence-corrected chi connectivity index (χ4v) is 4.21. The number of halogens is 1. The van der Waals surface area contributed by atoms with Gasteiger partial charge in [0.15, 0.2) is 0 Å². The first-order valence-electron chi connectivity index (χ1n) is 7.05. The lowest BCUT2D eigenvalue weighted by atomic mass is 9.88. The summed E-state index contributed by atoms with van der Waals surface area (Å²) in [5, 5.41) is 8.17. The molecule has 1 saturated carbocycles. The molecule has 0 unspecified atom stereocenters. The van der Waals surface area contributed by atoms with Gasteiger partial charge in [-0.2, -0.15) is 0 Å². The van der Waals surface area contributed by atoms with E-state index in [9.17, 15) is 4.79 Å². The molecule has 1 heterocycles. The third kappa shape index (κ3) is 3.39. The Labute approximate surface area is 133 Å². The molecule has 0 bridgehead atoms. The molecule has 1 aliphatic rings. The minimum absolute atomic E-state index is 0.0304. The van der Waals surface area contributed by atoms with Crippen LogP contribution in [-0.2, 0) is 5.41 Å². The summed E-state index contributed by atoms with van der Waals surface area (Å²) in [7, 11) is 0. The van der Waals surface area contributed by atoms with E-state index in [0.717, 1.165) is 17.6 Å². The quantitative estimate of drug-likeness (QED) is 0.836. The van der Waals surface area contributed by atoms with Crippen LogP contribution in [-0.4, -0.2) is 27.4 Å². The molecule has 1 fully saturated rings. The molecule has 0 atom stereocenters. The average molecular weight is 360 g/mol. The van der Waals surface area contributed by atoms with E-state index < -0.39 is 0 Å². The van der Waals surface area contributed by atoms with Crippen LogP contribution in [0.3, 0.4) is 0 Å². The van der Waals surface area contributed by atoms with Gasteiger partial charge in [0.05, 0.1) is 5.69 Å². The van der Waals surface area contributed by atoms with Crippen molar-refractivity contribution in [3.8, 4) is 0 Å². The molecule has 1 N–H and O–H groups in total. The predicted molar refractivity (Wildman–Crippen MR) is 85.6 cm³/mol. The van der Waals surface area contributed by atoms with Gasteiger partial charge >= 0.3 is 0 Å². The Balaban J connectivity index is 2.04. The van der Waals surface area contributed by atoms with Crippen molar-refractivity contribution < 1.29 is 4.79 Å². The number of hydrogen-bond donors (Lipinski definition) is 1. The van der Waals surface area contributed by atoms with Gasteiger partial charge in [0.1, 0.15) is 4.88 Å². The molecule has 0 spiro atoms. The highest BCUT2D eigenvalue weighted by Crippen LogP contribution is 2.39. The molecule has 20 heavy (non-hydrogen) atoms. The summed E-state index contributed by atoms with van der Waals surface area (Å²) in [4.78, 5) is 13.0. The number of nitrogens with zero attached hydrogens (tertiary/aromatic N) is 2. The van der Waals surface area contributed by atoms with Crippen molar-refractivity contribution in [1.29, 1.82) is 0 Å². The van der Waals surface area contributed by atoms with Gasteiger partial charge in [-0.1, -0.05) is 54.0 Å². The zero-order valence-corrected chi connectivity index (χ0v) is 14.7. The van der Waals surface area contributed by atoms with Crippen LogP contribution in [0, 0.1) is 5.41 Å². The highest BCUT2D eigenvalue weighted by Gasteiger charge is 2.34. The summed E-state index contributed by atoms with van der Waals surface area (Å²) in [5.41, 5.74) is 0.870. The van der Waals surface area contributed by atoms with Gasteiger partial charge in [0.2, 0.25) is 0 Å². The van der Waals surface area contributed by atoms with Gasteiger partial charge in [-0.25, -0.2) is 0 Å². The topological polar surface area (TPSA) is 54.9 Å². The van der Waals surface area contributed by atoms with Crippen molar-refractivity contribution in [1.82, 2.24) is 14.9 Å². The highest BCUT2D eigenvalue weighted by atomic mass is 79.9. The van der Waals surface area contributed by atoms with E-state index in [0.29, 0.717) is 4.88 Å². The van der Waals surface area contributed by atoms with Gasteiger partial charge in [0.25, 0.3) is 5.91 Å². The summed E-state index contributed by atoms with van der Waals surface area (Å²) in [6.07, 6.45) is 4.89. The third-order valence-electron chi connectivity index (χ3n) is 3.98. The maximum Gasteiger partial charge on any atom is 0.264 e. The highest BCUT2D eigenvalue weighted by molar-refractivity contribution is 9.09. The Morgan fingerprint density at radius 1 is 1.40 bits per heavy atom. The van der Waals surface area contributed by atoms with Crippen molar-refractivity contribution >= 4 is 33.4 Å². The fraction of sp³-hybridized carbons (Fsp3) is 0.786. The number of carbonyl (C=O) groups is 1. The standard InChI is InChI=1S/C14H22BrN3OS/c1-13(2,3)11-10(20-18-17-11)12(19)16-9-14(8-15)6-4-5-7-14/h4-9H2,1-3H3,(H,16,19). The van der Waals surface area contributed by atoms with Crippen molar-refractivity contribution in [3.05, 3.63) is 10.6 Å². The van der Waals surface area contributed by atoms with Crippen LogP contribution in [0.5, 0.6) is 0 Å². The van der Waals surface area contributed by atoms with Gasteiger partial charge in [-0.3, -0.25) is 4.79 Å². The summed E-state index contributed by atoms with van der Waals surface area (Å²) in [5.74, 6) is -0.0304. The first-order chi connectivity index (χ1) is 9.38. The van der Waals surface area contributed by atoms with Crippen molar-refractivity contribution in [2.45, 2.75) is 51.9 Å². The van der Waals surface area contributed by atoms with E-state index in [1.54, 1.807) is 0 Å². The molecule has 0 aliphatic heterocycles. The average Bonchev–Trinajstić information content (AvgIpc) is 3.05. The van der Waals surface area contributed by atoms with Crippen LogP contribution in [0.15, 0.2) is 0 Å². The first-order valence-corrected chi connectivity index (χ1v) is 8.94. The molecular formula is C14H22BrN3OS. The van der Waals surface area contributed by atoms with Crippen molar-refractivity contribution in [2.75, 3.05) is 11.9 Å². The number of carbonyl (C=O) groups excluding carboxylic acids is 1. The molecule has 0 aromatic carbocycles. The van der Waals surface area contributed by atoms with E-state index >= 15 is 0 Å². The van der Waals surface area contributed by atoms with Crippen molar-refractivity contribution in [3.63, 3.8) is 0 Å². The zero-order chi connectivity index (χ0) is 14.8. The molecule has 2 rings (SSSR count). The lowest BCUT2D eigenvalue weighted by Gasteiger charge is -2.26. The largest absolute Gasteiger partial charge is 0.351 e. The second-order valence-electron chi connectivity index (χ2n) is 6.72. The van der Waals surface area contributed by atoms with E-state index in [4.69, 9.17) is 0 Å². The number of amides is 1. The second-order valence-corrected chi connectivity index (χ2v) is 8.04. The summed E-state index contributed by atoms with van der Waals surface area (Å²) >= 11 is 4.79. The van der Waals surface area contributed by atoms with Gasteiger partial charge in [-0.15, -0.1) is 5.10 Å². The smallest absolute Gasteiger partial charge is 0.264 e. The third-order valence-corrected chi connectivity index (χ3v) is 5.89. The van der Waals surface area contributed by atoms with Crippen LogP contribution in [0.1, 0.15) is 61.8 Å². The normalized spacial score (nSPS) is 18.2. The summed E-state index contributed by atoms with van der Waals surface area (Å²) < 4.78 is 3.95. The van der Waals surface area contributed by atoms with Crippen LogP contribution in [0.25, 0.3) is 0 Å². The lowest BCUT2D eigenvalue weighted by molar-refractivity contribution is 0.0937.